The van der Waals surface area contributed by atoms with Gasteiger partial charge in [0.25, 0.3) is 0 Å². The van der Waals surface area contributed by atoms with Crippen molar-refractivity contribution in [2.45, 2.75) is 46.8 Å². The average molecular weight is 289 g/mol. The van der Waals surface area contributed by atoms with E-state index in [-0.39, 0.29) is 0 Å². The van der Waals surface area contributed by atoms with Gasteiger partial charge >= 0.3 is 0 Å². The molecular formula is C18H31N3. The molecule has 21 heavy (non-hydrogen) atoms. The Morgan fingerprint density at radius 2 is 1.86 bits per heavy atom. The first-order valence-electron chi connectivity index (χ1n) is 8.52. The molecule has 0 aliphatic carbocycles. The van der Waals surface area contributed by atoms with Crippen molar-refractivity contribution in [3.05, 3.63) is 34.9 Å². The first-order valence-corrected chi connectivity index (χ1v) is 8.52. The van der Waals surface area contributed by atoms with Crippen molar-refractivity contribution in [3.63, 3.8) is 0 Å². The predicted octanol–water partition coefficient (Wildman–Crippen LogP) is 2.84. The number of nitrogens with one attached hydrogen (secondary N) is 1. The molecule has 1 aromatic rings. The predicted molar refractivity (Wildman–Crippen MR) is 90.3 cm³/mol. The van der Waals surface area contributed by atoms with Gasteiger partial charge in [0.2, 0.25) is 0 Å². The van der Waals surface area contributed by atoms with Crippen molar-refractivity contribution in [2.24, 2.45) is 0 Å². The van der Waals surface area contributed by atoms with Gasteiger partial charge in [-0.3, -0.25) is 4.90 Å². The first-order chi connectivity index (χ1) is 10.3. The lowest BCUT2D eigenvalue weighted by atomic mass is 10.1. The zero-order valence-electron chi connectivity index (χ0n) is 14.0. The van der Waals surface area contributed by atoms with Crippen molar-refractivity contribution < 1.29 is 0 Å². The van der Waals surface area contributed by atoms with Crippen LogP contribution in [-0.2, 0) is 19.6 Å². The van der Waals surface area contributed by atoms with E-state index in [2.05, 4.69) is 54.1 Å². The van der Waals surface area contributed by atoms with Gasteiger partial charge in [0, 0.05) is 26.2 Å². The zero-order valence-corrected chi connectivity index (χ0v) is 14.0. The SMILES string of the molecule is CCNCc1ccc2c(c1)CN(CCCN(CC)CC)C2. The van der Waals surface area contributed by atoms with Gasteiger partial charge in [0.05, 0.1) is 0 Å². The second-order valence-corrected chi connectivity index (χ2v) is 5.97. The average Bonchev–Trinajstić information content (AvgIpc) is 2.91. The smallest absolute Gasteiger partial charge is 0.0240 e. The largest absolute Gasteiger partial charge is 0.313 e. The Bertz CT molecular complexity index is 426. The van der Waals surface area contributed by atoms with E-state index in [9.17, 15) is 0 Å². The highest BCUT2D eigenvalue weighted by atomic mass is 15.2. The van der Waals surface area contributed by atoms with Crippen LogP contribution in [0, 0.1) is 0 Å². The lowest BCUT2D eigenvalue weighted by Crippen LogP contribution is -2.27. The van der Waals surface area contributed by atoms with E-state index in [0.29, 0.717) is 0 Å². The topological polar surface area (TPSA) is 18.5 Å². The third kappa shape index (κ3) is 4.80. The minimum atomic E-state index is 0.992. The highest BCUT2D eigenvalue weighted by Crippen LogP contribution is 2.24. The summed E-state index contributed by atoms with van der Waals surface area (Å²) >= 11 is 0. The van der Waals surface area contributed by atoms with Gasteiger partial charge in [0.1, 0.15) is 0 Å². The second-order valence-electron chi connectivity index (χ2n) is 5.97. The van der Waals surface area contributed by atoms with Gasteiger partial charge in [-0.15, -0.1) is 0 Å². The molecule has 1 aliphatic rings. The third-order valence-electron chi connectivity index (χ3n) is 4.48. The number of hydrogen-bond acceptors (Lipinski definition) is 3. The summed E-state index contributed by atoms with van der Waals surface area (Å²) in [5, 5.41) is 3.41. The van der Waals surface area contributed by atoms with E-state index in [0.717, 1.165) is 26.2 Å². The summed E-state index contributed by atoms with van der Waals surface area (Å²) in [7, 11) is 0. The van der Waals surface area contributed by atoms with Crippen LogP contribution in [0.5, 0.6) is 0 Å². The van der Waals surface area contributed by atoms with Crippen molar-refractivity contribution >= 4 is 0 Å². The summed E-state index contributed by atoms with van der Waals surface area (Å²) in [4.78, 5) is 5.10. The molecule has 1 N–H and O–H groups in total. The maximum Gasteiger partial charge on any atom is 0.0240 e. The van der Waals surface area contributed by atoms with Crippen LogP contribution < -0.4 is 5.32 Å². The minimum Gasteiger partial charge on any atom is -0.313 e. The van der Waals surface area contributed by atoms with Gasteiger partial charge < -0.3 is 10.2 Å². The second kappa shape index (κ2) is 8.52. The number of rotatable bonds is 9. The Labute approximate surface area is 130 Å². The molecule has 0 aromatic heterocycles. The number of fused-ring (bicyclic) bond motifs is 1. The van der Waals surface area contributed by atoms with Gasteiger partial charge in [0.15, 0.2) is 0 Å². The Hall–Kier alpha value is -0.900. The Morgan fingerprint density at radius 1 is 1.10 bits per heavy atom. The summed E-state index contributed by atoms with van der Waals surface area (Å²) in [6.07, 6.45) is 1.28. The lowest BCUT2D eigenvalue weighted by Gasteiger charge is -2.20. The number of hydrogen-bond donors (Lipinski definition) is 1. The summed E-state index contributed by atoms with van der Waals surface area (Å²) < 4.78 is 0. The van der Waals surface area contributed by atoms with E-state index in [4.69, 9.17) is 0 Å². The summed E-state index contributed by atoms with van der Waals surface area (Å²) in [6, 6.07) is 7.00. The van der Waals surface area contributed by atoms with Gasteiger partial charge in [-0.05, 0) is 49.3 Å². The minimum absolute atomic E-state index is 0.992. The molecule has 1 aliphatic heterocycles. The molecule has 118 valence electrons. The van der Waals surface area contributed by atoms with Crippen LogP contribution in [0.4, 0.5) is 0 Å². The fourth-order valence-electron chi connectivity index (χ4n) is 3.11. The fraction of sp³-hybridized carbons (Fsp3) is 0.667. The van der Waals surface area contributed by atoms with E-state index in [1.807, 2.05) is 0 Å². The molecule has 3 nitrogen and oxygen atoms in total. The monoisotopic (exact) mass is 289 g/mol. The Kier molecular flexibility index (Phi) is 6.68. The molecular weight excluding hydrogens is 258 g/mol. The number of benzene rings is 1. The molecule has 0 atom stereocenters. The molecule has 1 heterocycles. The van der Waals surface area contributed by atoms with Crippen LogP contribution in [0.3, 0.4) is 0 Å². The molecule has 0 unspecified atom stereocenters. The van der Waals surface area contributed by atoms with Crippen molar-refractivity contribution in [2.75, 3.05) is 32.7 Å². The quantitative estimate of drug-likeness (QED) is 0.754. The van der Waals surface area contributed by atoms with E-state index in [1.165, 1.54) is 49.3 Å². The van der Waals surface area contributed by atoms with Crippen molar-refractivity contribution in [1.82, 2.24) is 15.1 Å². The zero-order chi connectivity index (χ0) is 15.1. The molecule has 0 saturated carbocycles. The van der Waals surface area contributed by atoms with Gasteiger partial charge in [-0.1, -0.05) is 39.0 Å². The van der Waals surface area contributed by atoms with Gasteiger partial charge in [-0.2, -0.15) is 0 Å². The molecule has 0 saturated heterocycles. The van der Waals surface area contributed by atoms with Crippen LogP contribution in [0.2, 0.25) is 0 Å². The Morgan fingerprint density at radius 3 is 2.57 bits per heavy atom. The molecule has 0 fully saturated rings. The summed E-state index contributed by atoms with van der Waals surface area (Å²) in [6.45, 7) is 15.7. The van der Waals surface area contributed by atoms with Crippen LogP contribution in [-0.4, -0.2) is 42.5 Å². The fourth-order valence-corrected chi connectivity index (χ4v) is 3.11. The van der Waals surface area contributed by atoms with E-state index in [1.54, 1.807) is 0 Å². The highest BCUT2D eigenvalue weighted by Gasteiger charge is 2.18. The molecule has 0 spiro atoms. The lowest BCUT2D eigenvalue weighted by molar-refractivity contribution is 0.240. The molecule has 3 heteroatoms. The van der Waals surface area contributed by atoms with Crippen LogP contribution in [0.25, 0.3) is 0 Å². The summed E-state index contributed by atoms with van der Waals surface area (Å²) in [5.41, 5.74) is 4.48. The third-order valence-corrected chi connectivity index (χ3v) is 4.48. The molecule has 0 amide bonds. The Balaban J connectivity index is 1.79. The number of nitrogens with zero attached hydrogens (tertiary/aromatic N) is 2. The van der Waals surface area contributed by atoms with Crippen LogP contribution in [0.15, 0.2) is 18.2 Å². The van der Waals surface area contributed by atoms with Crippen LogP contribution >= 0.6 is 0 Å². The molecule has 0 radical (unpaired) electrons. The van der Waals surface area contributed by atoms with Gasteiger partial charge in [-0.25, -0.2) is 0 Å². The molecule has 1 aromatic carbocycles. The maximum atomic E-state index is 3.41. The standard InChI is InChI=1S/C18H31N3/c1-4-19-13-16-8-9-17-14-21(15-18(17)12-16)11-7-10-20(5-2)6-3/h8-9,12,19H,4-7,10-11,13-15H2,1-3H3. The highest BCUT2D eigenvalue weighted by molar-refractivity contribution is 5.34. The van der Waals surface area contributed by atoms with Crippen molar-refractivity contribution in [3.8, 4) is 0 Å². The normalized spacial score (nSPS) is 14.9. The first kappa shape index (κ1) is 16.5. The van der Waals surface area contributed by atoms with E-state index < -0.39 is 0 Å². The summed E-state index contributed by atoms with van der Waals surface area (Å²) in [5.74, 6) is 0. The maximum absolute atomic E-state index is 3.41. The molecule has 0 bridgehead atoms. The van der Waals surface area contributed by atoms with E-state index >= 15 is 0 Å². The van der Waals surface area contributed by atoms with Crippen LogP contribution in [0.1, 0.15) is 43.9 Å². The molecule has 2 rings (SSSR count). The van der Waals surface area contributed by atoms with Crippen molar-refractivity contribution in [1.29, 1.82) is 0 Å².